The Labute approximate surface area is 220 Å². The Bertz CT molecular complexity index is 1320. The Hall–Kier alpha value is -4.68. The topological polar surface area (TPSA) is 128 Å². The molecule has 0 saturated carbocycles. The van der Waals surface area contributed by atoms with Gasteiger partial charge in [0.15, 0.2) is 5.69 Å². The summed E-state index contributed by atoms with van der Waals surface area (Å²) in [5.74, 6) is 2.98. The van der Waals surface area contributed by atoms with Gasteiger partial charge in [-0.1, -0.05) is 54.5 Å². The third-order valence-corrected chi connectivity index (χ3v) is 5.47. The number of unbranched alkanes of at least 4 members (excludes halogenated alkanes) is 1. The number of nitrogens with zero attached hydrogens (tertiary/aromatic N) is 1. The Kier molecular flexibility index (Phi) is 10.4. The molecule has 38 heavy (non-hydrogen) atoms. The normalized spacial score (nSPS) is 11.0. The third-order valence-electron chi connectivity index (χ3n) is 5.47. The molecule has 1 unspecified atom stereocenters. The van der Waals surface area contributed by atoms with Crippen molar-refractivity contribution in [3.8, 4) is 17.6 Å². The first-order chi connectivity index (χ1) is 18.4. The largest absolute Gasteiger partial charge is 0.491 e. The van der Waals surface area contributed by atoms with Gasteiger partial charge in [0.25, 0.3) is 5.91 Å². The van der Waals surface area contributed by atoms with Gasteiger partial charge in [-0.25, -0.2) is 4.79 Å². The molecular weight excluding hydrogens is 488 g/mol. The fraction of sp³-hybridized carbons (Fsp3) is 0.241. The fourth-order valence-electron chi connectivity index (χ4n) is 3.65. The molecule has 3 aromatic carbocycles. The van der Waals surface area contributed by atoms with Crippen LogP contribution in [-0.4, -0.2) is 35.1 Å². The molecule has 1 amide bonds. The van der Waals surface area contributed by atoms with Crippen LogP contribution in [0.5, 0.6) is 5.75 Å². The minimum atomic E-state index is -1.69. The van der Waals surface area contributed by atoms with E-state index in [1.54, 1.807) is 37.3 Å². The van der Waals surface area contributed by atoms with Crippen LogP contribution in [0, 0.1) is 22.0 Å². The molecule has 196 valence electrons. The number of carbonyl (C=O) groups is 2. The van der Waals surface area contributed by atoms with Gasteiger partial charge in [0.1, 0.15) is 11.9 Å². The number of nitrogens with one attached hydrogen (secondary N) is 1. The van der Waals surface area contributed by atoms with Crippen LogP contribution in [0.4, 0.5) is 11.4 Å². The molecule has 0 radical (unpaired) electrons. The average Bonchev–Trinajstić information content (AvgIpc) is 2.93. The number of hydrogen-bond donors (Lipinski definition) is 2. The summed E-state index contributed by atoms with van der Waals surface area (Å²) in [5, 5.41) is 25.3. The maximum Gasteiger partial charge on any atom is 0.384 e. The summed E-state index contributed by atoms with van der Waals surface area (Å²) in [5.41, 5.74) is 0.486. The smallest absolute Gasteiger partial charge is 0.384 e. The van der Waals surface area contributed by atoms with E-state index >= 15 is 0 Å². The van der Waals surface area contributed by atoms with E-state index < -0.39 is 28.6 Å². The number of anilines is 1. The maximum absolute atomic E-state index is 12.9. The number of aliphatic hydroxyl groups excluding tert-OH is 1. The van der Waals surface area contributed by atoms with Crippen molar-refractivity contribution in [1.29, 1.82) is 0 Å². The molecule has 0 aliphatic heterocycles. The molecule has 0 heterocycles. The lowest BCUT2D eigenvalue weighted by Gasteiger charge is -2.16. The highest BCUT2D eigenvalue weighted by Crippen LogP contribution is 2.40. The van der Waals surface area contributed by atoms with Crippen LogP contribution in [0.25, 0.3) is 0 Å². The monoisotopic (exact) mass is 516 g/mol. The van der Waals surface area contributed by atoms with Gasteiger partial charge in [0.05, 0.1) is 23.7 Å². The van der Waals surface area contributed by atoms with Gasteiger partial charge in [-0.05, 0) is 56.0 Å². The number of aliphatic hydroxyl groups is 1. The van der Waals surface area contributed by atoms with E-state index in [2.05, 4.69) is 17.2 Å². The second-order valence-electron chi connectivity index (χ2n) is 8.14. The number of nitro benzene ring substituents is 1. The summed E-state index contributed by atoms with van der Waals surface area (Å²) in [6.45, 7) is 1.95. The molecule has 2 N–H and O–H groups in total. The molecule has 0 aliphatic rings. The number of esters is 1. The van der Waals surface area contributed by atoms with Crippen LogP contribution >= 0.6 is 0 Å². The number of nitro groups is 1. The highest BCUT2D eigenvalue weighted by molar-refractivity contribution is 6.06. The highest BCUT2D eigenvalue weighted by Gasteiger charge is 2.29. The van der Waals surface area contributed by atoms with Crippen molar-refractivity contribution in [2.75, 3.05) is 18.5 Å². The van der Waals surface area contributed by atoms with E-state index in [4.69, 9.17) is 9.47 Å². The second-order valence-corrected chi connectivity index (χ2v) is 8.14. The summed E-state index contributed by atoms with van der Waals surface area (Å²) < 4.78 is 10.6. The minimum Gasteiger partial charge on any atom is -0.491 e. The second kappa shape index (κ2) is 14.2. The van der Waals surface area contributed by atoms with E-state index in [0.717, 1.165) is 12.8 Å². The first-order valence-corrected chi connectivity index (χ1v) is 12.1. The van der Waals surface area contributed by atoms with E-state index in [9.17, 15) is 24.8 Å². The molecule has 0 saturated heterocycles. The van der Waals surface area contributed by atoms with Crippen molar-refractivity contribution in [3.05, 3.63) is 99.6 Å². The predicted molar refractivity (Wildman–Crippen MR) is 142 cm³/mol. The zero-order valence-electron chi connectivity index (χ0n) is 20.9. The first-order valence-electron chi connectivity index (χ1n) is 12.1. The number of amides is 1. The molecule has 0 bridgehead atoms. The van der Waals surface area contributed by atoms with Gasteiger partial charge in [-0.2, -0.15) is 0 Å². The fourth-order valence-corrected chi connectivity index (χ4v) is 3.65. The van der Waals surface area contributed by atoms with Gasteiger partial charge in [-0.3, -0.25) is 14.9 Å². The molecule has 9 heteroatoms. The van der Waals surface area contributed by atoms with E-state index in [-0.39, 0.29) is 35.8 Å². The number of ether oxygens (including phenoxy) is 2. The Morgan fingerprint density at radius 1 is 1.03 bits per heavy atom. The summed E-state index contributed by atoms with van der Waals surface area (Å²) in [4.78, 5) is 35.9. The molecular formula is C29H28N2O7. The minimum absolute atomic E-state index is 0.0787. The molecule has 3 aromatic rings. The molecule has 0 aromatic heterocycles. The number of benzene rings is 3. The molecule has 0 fully saturated rings. The van der Waals surface area contributed by atoms with Crippen LogP contribution in [0.3, 0.4) is 0 Å². The lowest BCUT2D eigenvalue weighted by molar-refractivity contribution is -0.385. The highest BCUT2D eigenvalue weighted by atomic mass is 16.6. The zero-order chi connectivity index (χ0) is 27.3. The van der Waals surface area contributed by atoms with Crippen molar-refractivity contribution < 1.29 is 29.1 Å². The molecule has 9 nitrogen and oxygen atoms in total. The quantitative estimate of drug-likeness (QED) is 0.0931. The van der Waals surface area contributed by atoms with Gasteiger partial charge in [-0.15, -0.1) is 0 Å². The van der Waals surface area contributed by atoms with Gasteiger partial charge in [0.2, 0.25) is 0 Å². The molecule has 0 spiro atoms. The van der Waals surface area contributed by atoms with Crippen molar-refractivity contribution in [2.24, 2.45) is 0 Å². The van der Waals surface area contributed by atoms with Gasteiger partial charge < -0.3 is 19.9 Å². The first kappa shape index (κ1) is 27.9. The SMILES string of the molecule is CCOC(=O)C#CC(O)c1ccc(OCCCCc2ccccc2)c(NC(=O)c2ccccc2)c1[N+](=O)[O-]. The van der Waals surface area contributed by atoms with Crippen molar-refractivity contribution in [1.82, 2.24) is 0 Å². The number of carbonyl (C=O) groups excluding carboxylic acids is 2. The summed E-state index contributed by atoms with van der Waals surface area (Å²) in [6.07, 6.45) is 0.668. The molecule has 0 aliphatic carbocycles. The number of rotatable bonds is 11. The van der Waals surface area contributed by atoms with Crippen LogP contribution in [0.1, 0.15) is 47.4 Å². The molecule has 3 rings (SSSR count). The Morgan fingerprint density at radius 2 is 1.71 bits per heavy atom. The van der Waals surface area contributed by atoms with Crippen LogP contribution < -0.4 is 10.1 Å². The standard InChI is InChI=1S/C29H28N2O7/c1-2-37-26(33)19-17-24(32)23-16-18-25(38-20-10-9-13-21-11-5-3-6-12-21)27(28(23)31(35)36)30-29(34)22-14-7-4-8-15-22/h3-8,11-12,14-16,18,24,32H,2,9-10,13,20H2,1H3,(H,30,34). The van der Waals surface area contributed by atoms with Crippen LogP contribution in [0.2, 0.25) is 0 Å². The van der Waals surface area contributed by atoms with E-state index in [1.807, 2.05) is 30.3 Å². The summed E-state index contributed by atoms with van der Waals surface area (Å²) in [6, 6.07) is 20.9. The Morgan fingerprint density at radius 3 is 2.37 bits per heavy atom. The number of hydrogen-bond acceptors (Lipinski definition) is 7. The Balaban J connectivity index is 1.87. The third kappa shape index (κ3) is 7.91. The van der Waals surface area contributed by atoms with Crippen LogP contribution in [-0.2, 0) is 16.0 Å². The van der Waals surface area contributed by atoms with E-state index in [1.165, 1.54) is 17.7 Å². The van der Waals surface area contributed by atoms with Gasteiger partial charge in [0, 0.05) is 11.5 Å². The summed E-state index contributed by atoms with van der Waals surface area (Å²) >= 11 is 0. The maximum atomic E-state index is 12.9. The van der Waals surface area contributed by atoms with Crippen LogP contribution in [0.15, 0.2) is 72.8 Å². The van der Waals surface area contributed by atoms with Crippen molar-refractivity contribution in [2.45, 2.75) is 32.3 Å². The lowest BCUT2D eigenvalue weighted by atomic mass is 10.0. The van der Waals surface area contributed by atoms with Gasteiger partial charge >= 0.3 is 11.7 Å². The van der Waals surface area contributed by atoms with Crippen molar-refractivity contribution >= 4 is 23.3 Å². The van der Waals surface area contributed by atoms with Crippen molar-refractivity contribution in [3.63, 3.8) is 0 Å². The predicted octanol–water partition coefficient (Wildman–Crippen LogP) is 4.85. The number of aryl methyl sites for hydroxylation is 1. The average molecular weight is 517 g/mol. The van der Waals surface area contributed by atoms with E-state index in [0.29, 0.717) is 6.42 Å². The molecule has 1 atom stereocenters. The zero-order valence-corrected chi connectivity index (χ0v) is 20.9. The lowest BCUT2D eigenvalue weighted by Crippen LogP contribution is -2.16. The summed E-state index contributed by atoms with van der Waals surface area (Å²) in [7, 11) is 0.